The molecule has 1 rings (SSSR count). The minimum Gasteiger partial charge on any atom is -0.383 e. The van der Waals surface area contributed by atoms with Gasteiger partial charge in [0.1, 0.15) is 5.82 Å². The van der Waals surface area contributed by atoms with Gasteiger partial charge in [0.05, 0.1) is 17.3 Å². The van der Waals surface area contributed by atoms with Crippen molar-refractivity contribution in [1.82, 2.24) is 10.3 Å². The fourth-order valence-corrected chi connectivity index (χ4v) is 1.85. The molecule has 1 aromatic heterocycles. The molecule has 4 nitrogen and oxygen atoms in total. The van der Waals surface area contributed by atoms with Crippen LogP contribution in [0.4, 0.5) is 5.82 Å². The molecule has 1 aromatic rings. The molecule has 0 bridgehead atoms. The average Bonchev–Trinajstić information content (AvgIpc) is 2.43. The maximum Gasteiger partial charge on any atom is 0.129 e. The van der Waals surface area contributed by atoms with Gasteiger partial charge in [-0.2, -0.15) is 0 Å². The van der Waals surface area contributed by atoms with Crippen molar-refractivity contribution in [1.29, 1.82) is 0 Å². The van der Waals surface area contributed by atoms with E-state index in [0.29, 0.717) is 18.2 Å². The van der Waals surface area contributed by atoms with Crippen molar-refractivity contribution in [2.24, 2.45) is 0 Å². The van der Waals surface area contributed by atoms with Gasteiger partial charge in [0.25, 0.3) is 0 Å². The summed E-state index contributed by atoms with van der Waals surface area (Å²) in [7, 11) is 1.69. The Labute approximate surface area is 120 Å². The van der Waals surface area contributed by atoms with Gasteiger partial charge in [0.15, 0.2) is 0 Å². The van der Waals surface area contributed by atoms with Crippen molar-refractivity contribution < 1.29 is 4.74 Å². The number of ether oxygens (including phenoxy) is 1. The Bertz CT molecular complexity index is 398. The van der Waals surface area contributed by atoms with Gasteiger partial charge in [-0.1, -0.05) is 24.6 Å². The normalized spacial score (nSPS) is 10.5. The quantitative estimate of drug-likeness (QED) is 0.707. The molecule has 5 heteroatoms. The summed E-state index contributed by atoms with van der Waals surface area (Å²) in [6.07, 6.45) is 1.86. The zero-order valence-electron chi connectivity index (χ0n) is 11.7. The van der Waals surface area contributed by atoms with E-state index in [9.17, 15) is 0 Å². The molecule has 0 aromatic carbocycles. The number of nitrogens with zero attached hydrogens (tertiary/aromatic N) is 2. The van der Waals surface area contributed by atoms with Crippen LogP contribution in [0.3, 0.4) is 0 Å². The van der Waals surface area contributed by atoms with E-state index in [1.165, 1.54) is 0 Å². The fourth-order valence-electron chi connectivity index (χ4n) is 1.67. The molecule has 0 saturated carbocycles. The van der Waals surface area contributed by atoms with Gasteiger partial charge in [-0.3, -0.25) is 0 Å². The molecule has 0 amide bonds. The number of hydrogen-bond donors (Lipinski definition) is 1. The summed E-state index contributed by atoms with van der Waals surface area (Å²) < 4.78 is 5.12. The smallest absolute Gasteiger partial charge is 0.129 e. The second kappa shape index (κ2) is 8.91. The Morgan fingerprint density at radius 3 is 2.95 bits per heavy atom. The minimum atomic E-state index is 0.653. The van der Waals surface area contributed by atoms with Crippen molar-refractivity contribution in [3.63, 3.8) is 0 Å². The average molecular weight is 284 g/mol. The summed E-state index contributed by atoms with van der Waals surface area (Å²) in [5.74, 6) is 0.897. The maximum atomic E-state index is 6.15. The largest absolute Gasteiger partial charge is 0.383 e. The summed E-state index contributed by atoms with van der Waals surface area (Å²) in [6.45, 7) is 9.56. The number of pyridine rings is 1. The van der Waals surface area contributed by atoms with Gasteiger partial charge in [0.2, 0.25) is 0 Å². The lowest BCUT2D eigenvalue weighted by Gasteiger charge is -2.22. The van der Waals surface area contributed by atoms with E-state index in [-0.39, 0.29) is 0 Å². The van der Waals surface area contributed by atoms with E-state index in [0.717, 1.165) is 31.1 Å². The number of anilines is 1. The van der Waals surface area contributed by atoms with Gasteiger partial charge in [0, 0.05) is 26.7 Å². The van der Waals surface area contributed by atoms with Crippen LogP contribution in [0, 0.1) is 0 Å². The maximum absolute atomic E-state index is 6.15. The molecule has 0 aliphatic carbocycles. The Balaban J connectivity index is 2.86. The van der Waals surface area contributed by atoms with E-state index in [4.69, 9.17) is 16.3 Å². The Morgan fingerprint density at radius 1 is 1.53 bits per heavy atom. The van der Waals surface area contributed by atoms with Gasteiger partial charge in [-0.25, -0.2) is 4.98 Å². The number of nitrogens with one attached hydrogen (secondary N) is 1. The predicted octanol–water partition coefficient (Wildman–Crippen LogP) is 2.48. The van der Waals surface area contributed by atoms with E-state index in [2.05, 4.69) is 28.7 Å². The molecule has 0 saturated heterocycles. The van der Waals surface area contributed by atoms with Crippen LogP contribution < -0.4 is 10.2 Å². The van der Waals surface area contributed by atoms with Crippen LogP contribution in [0.2, 0.25) is 5.02 Å². The lowest BCUT2D eigenvalue weighted by molar-refractivity contribution is 0.205. The number of halogens is 1. The number of rotatable bonds is 9. The SMILES string of the molecule is C=CCN(CCOC)c1ccc(Cl)c(CNCC)n1. The van der Waals surface area contributed by atoms with E-state index in [1.807, 2.05) is 18.2 Å². The summed E-state index contributed by atoms with van der Waals surface area (Å²) in [5.41, 5.74) is 0.868. The van der Waals surface area contributed by atoms with Crippen LogP contribution >= 0.6 is 11.6 Å². The van der Waals surface area contributed by atoms with Crippen LogP contribution in [-0.2, 0) is 11.3 Å². The summed E-state index contributed by atoms with van der Waals surface area (Å²) in [5, 5.41) is 3.93. The highest BCUT2D eigenvalue weighted by Crippen LogP contribution is 2.19. The molecule has 0 spiro atoms. The predicted molar refractivity (Wildman–Crippen MR) is 80.9 cm³/mol. The van der Waals surface area contributed by atoms with Gasteiger partial charge in [-0.05, 0) is 18.7 Å². The first-order chi connectivity index (χ1) is 9.22. The van der Waals surface area contributed by atoms with Crippen molar-refractivity contribution in [3.8, 4) is 0 Å². The van der Waals surface area contributed by atoms with Crippen LogP contribution in [0.5, 0.6) is 0 Å². The highest BCUT2D eigenvalue weighted by Gasteiger charge is 2.09. The lowest BCUT2D eigenvalue weighted by atomic mass is 10.3. The zero-order valence-corrected chi connectivity index (χ0v) is 12.4. The second-order valence-electron chi connectivity index (χ2n) is 4.11. The molecule has 0 unspecified atom stereocenters. The number of hydrogen-bond acceptors (Lipinski definition) is 4. The molecular weight excluding hydrogens is 262 g/mol. The third-order valence-electron chi connectivity index (χ3n) is 2.69. The molecule has 0 aliphatic rings. The number of aromatic nitrogens is 1. The first-order valence-corrected chi connectivity index (χ1v) is 6.81. The van der Waals surface area contributed by atoms with Crippen molar-refractivity contribution in [2.75, 3.05) is 38.3 Å². The van der Waals surface area contributed by atoms with Crippen LogP contribution in [0.1, 0.15) is 12.6 Å². The molecule has 0 radical (unpaired) electrons. The highest BCUT2D eigenvalue weighted by atomic mass is 35.5. The van der Waals surface area contributed by atoms with Gasteiger partial charge in [-0.15, -0.1) is 6.58 Å². The third-order valence-corrected chi connectivity index (χ3v) is 3.03. The second-order valence-corrected chi connectivity index (χ2v) is 4.51. The van der Waals surface area contributed by atoms with E-state index >= 15 is 0 Å². The zero-order chi connectivity index (χ0) is 14.1. The Morgan fingerprint density at radius 2 is 2.32 bits per heavy atom. The van der Waals surface area contributed by atoms with E-state index in [1.54, 1.807) is 7.11 Å². The lowest BCUT2D eigenvalue weighted by Crippen LogP contribution is -2.28. The molecule has 1 N–H and O–H groups in total. The first kappa shape index (κ1) is 16.0. The van der Waals surface area contributed by atoms with Crippen molar-refractivity contribution in [2.45, 2.75) is 13.5 Å². The minimum absolute atomic E-state index is 0.653. The van der Waals surface area contributed by atoms with E-state index < -0.39 is 0 Å². The summed E-state index contributed by atoms with van der Waals surface area (Å²) in [4.78, 5) is 6.72. The highest BCUT2D eigenvalue weighted by molar-refractivity contribution is 6.31. The fraction of sp³-hybridized carbons (Fsp3) is 0.500. The molecule has 0 aliphatic heterocycles. The number of methoxy groups -OCH3 is 1. The molecule has 1 heterocycles. The molecule has 19 heavy (non-hydrogen) atoms. The summed E-state index contributed by atoms with van der Waals surface area (Å²) in [6, 6.07) is 3.82. The molecular formula is C14H22ClN3O. The van der Waals surface area contributed by atoms with Crippen LogP contribution in [0.15, 0.2) is 24.8 Å². The van der Waals surface area contributed by atoms with Crippen molar-refractivity contribution >= 4 is 17.4 Å². The Kier molecular flexibility index (Phi) is 7.48. The standard InChI is InChI=1S/C14H22ClN3O/c1-4-8-18(9-10-19-3)14-7-6-12(15)13(17-14)11-16-5-2/h4,6-7,16H,1,5,8-11H2,2-3H3. The molecule has 0 fully saturated rings. The summed E-state index contributed by atoms with van der Waals surface area (Å²) >= 11 is 6.15. The first-order valence-electron chi connectivity index (χ1n) is 6.43. The topological polar surface area (TPSA) is 37.4 Å². The van der Waals surface area contributed by atoms with Gasteiger partial charge < -0.3 is 15.0 Å². The molecule has 106 valence electrons. The van der Waals surface area contributed by atoms with Crippen molar-refractivity contribution in [3.05, 3.63) is 35.5 Å². The Hall–Kier alpha value is -1.10. The molecule has 0 atom stereocenters. The third kappa shape index (κ3) is 5.19. The van der Waals surface area contributed by atoms with Crippen LogP contribution in [-0.4, -0.2) is 38.3 Å². The van der Waals surface area contributed by atoms with Gasteiger partial charge >= 0.3 is 0 Å². The monoisotopic (exact) mass is 283 g/mol. The van der Waals surface area contributed by atoms with Crippen LogP contribution in [0.25, 0.3) is 0 Å².